The van der Waals surface area contributed by atoms with E-state index in [1.807, 2.05) is 18.2 Å². The minimum atomic E-state index is 0.102. The first-order chi connectivity index (χ1) is 8.97. The average molecular weight is 302 g/mol. The van der Waals surface area contributed by atoms with Gasteiger partial charge in [-0.3, -0.25) is 4.90 Å². The Hall–Kier alpha value is -0.320. The van der Waals surface area contributed by atoms with E-state index in [1.54, 1.807) is 0 Å². The van der Waals surface area contributed by atoms with Gasteiger partial charge in [0.15, 0.2) is 0 Å². The molecule has 1 aromatic rings. The molecule has 0 aromatic heterocycles. The highest BCUT2D eigenvalue weighted by Crippen LogP contribution is 2.23. The van der Waals surface area contributed by atoms with E-state index in [9.17, 15) is 0 Å². The van der Waals surface area contributed by atoms with E-state index >= 15 is 0 Å². The van der Waals surface area contributed by atoms with Gasteiger partial charge in [-0.05, 0) is 38.2 Å². The summed E-state index contributed by atoms with van der Waals surface area (Å²) in [5.41, 5.74) is 7.52. The molecule has 2 atom stereocenters. The highest BCUT2D eigenvalue weighted by atomic mass is 35.5. The second kappa shape index (κ2) is 6.42. The number of nitrogens with zero attached hydrogens (tertiary/aromatic N) is 2. The first kappa shape index (κ1) is 15.1. The van der Waals surface area contributed by atoms with Crippen molar-refractivity contribution in [1.82, 2.24) is 9.80 Å². The van der Waals surface area contributed by atoms with E-state index in [4.69, 9.17) is 28.9 Å². The van der Waals surface area contributed by atoms with Gasteiger partial charge in [0.1, 0.15) is 0 Å². The third-order valence-electron chi connectivity index (χ3n) is 3.85. The van der Waals surface area contributed by atoms with Crippen LogP contribution >= 0.6 is 23.2 Å². The monoisotopic (exact) mass is 301 g/mol. The molecule has 106 valence electrons. The maximum absolute atomic E-state index is 6.38. The first-order valence-electron chi connectivity index (χ1n) is 6.55. The first-order valence-corrected chi connectivity index (χ1v) is 7.31. The van der Waals surface area contributed by atoms with Crippen LogP contribution in [0.15, 0.2) is 18.2 Å². The summed E-state index contributed by atoms with van der Waals surface area (Å²) in [5, 5.41) is 1.19. The van der Waals surface area contributed by atoms with Crippen molar-refractivity contribution in [2.24, 2.45) is 5.73 Å². The van der Waals surface area contributed by atoms with Crippen LogP contribution in [0, 0.1) is 0 Å². The van der Waals surface area contributed by atoms with Gasteiger partial charge in [0.2, 0.25) is 0 Å². The Morgan fingerprint density at radius 2 is 2.00 bits per heavy atom. The quantitative estimate of drug-likeness (QED) is 0.928. The van der Waals surface area contributed by atoms with Crippen LogP contribution in [0.5, 0.6) is 0 Å². The average Bonchev–Trinajstić information content (AvgIpc) is 2.36. The fourth-order valence-corrected chi connectivity index (χ4v) is 2.90. The minimum Gasteiger partial charge on any atom is -0.326 e. The molecular formula is C14H21Cl2N3. The summed E-state index contributed by atoms with van der Waals surface area (Å²) in [7, 11) is 4.29. The Labute approximate surface area is 125 Å². The van der Waals surface area contributed by atoms with Crippen LogP contribution < -0.4 is 5.73 Å². The molecule has 2 N–H and O–H groups in total. The molecule has 0 aliphatic carbocycles. The Morgan fingerprint density at radius 1 is 1.26 bits per heavy atom. The van der Waals surface area contributed by atoms with E-state index in [-0.39, 0.29) is 6.04 Å². The molecule has 1 aliphatic rings. The Kier molecular flexibility index (Phi) is 5.09. The Bertz CT molecular complexity index is 439. The third-order valence-corrected chi connectivity index (χ3v) is 4.59. The number of benzene rings is 1. The zero-order valence-electron chi connectivity index (χ0n) is 11.4. The summed E-state index contributed by atoms with van der Waals surface area (Å²) in [6, 6.07) is 6.23. The number of hydrogen-bond acceptors (Lipinski definition) is 3. The lowest BCUT2D eigenvalue weighted by Gasteiger charge is -2.40. The van der Waals surface area contributed by atoms with Gasteiger partial charge in [-0.15, -0.1) is 0 Å². The van der Waals surface area contributed by atoms with Crippen LogP contribution in [0.3, 0.4) is 0 Å². The minimum absolute atomic E-state index is 0.102. The summed E-state index contributed by atoms with van der Waals surface area (Å²) in [6.45, 7) is 3.18. The summed E-state index contributed by atoms with van der Waals surface area (Å²) in [6.07, 6.45) is 0.819. The highest BCUT2D eigenvalue weighted by molar-refractivity contribution is 6.42. The van der Waals surface area contributed by atoms with Crippen molar-refractivity contribution >= 4 is 23.2 Å². The molecular weight excluding hydrogens is 281 g/mol. The summed E-state index contributed by atoms with van der Waals surface area (Å²) in [5.74, 6) is 0. The van der Waals surface area contributed by atoms with Gasteiger partial charge in [0.25, 0.3) is 0 Å². The van der Waals surface area contributed by atoms with E-state index in [0.29, 0.717) is 16.1 Å². The van der Waals surface area contributed by atoms with Gasteiger partial charge < -0.3 is 10.6 Å². The predicted octanol–water partition coefficient (Wildman–Crippen LogP) is 2.11. The predicted molar refractivity (Wildman–Crippen MR) is 82.1 cm³/mol. The van der Waals surface area contributed by atoms with Crippen molar-refractivity contribution in [3.63, 3.8) is 0 Å². The van der Waals surface area contributed by atoms with Crippen LogP contribution in [0.4, 0.5) is 0 Å². The third kappa shape index (κ3) is 3.83. The molecule has 1 aromatic carbocycles. The number of likely N-dealkylation sites (N-methyl/N-ethyl adjacent to an activating group) is 2. The largest absolute Gasteiger partial charge is 0.326 e. The normalized spacial score (nSPS) is 23.5. The molecule has 5 heteroatoms. The molecule has 2 unspecified atom stereocenters. The van der Waals surface area contributed by atoms with Gasteiger partial charge >= 0.3 is 0 Å². The molecule has 0 saturated carbocycles. The van der Waals surface area contributed by atoms with E-state index in [2.05, 4.69) is 23.9 Å². The Morgan fingerprint density at radius 3 is 2.68 bits per heavy atom. The zero-order valence-corrected chi connectivity index (χ0v) is 13.0. The van der Waals surface area contributed by atoms with Crippen LogP contribution in [0.1, 0.15) is 5.56 Å². The SMILES string of the molecule is CN1CCN(C)C(C(N)Cc2ccc(Cl)c(Cl)c2)C1. The zero-order chi connectivity index (χ0) is 14.0. The van der Waals surface area contributed by atoms with Crippen LogP contribution in [-0.2, 0) is 6.42 Å². The van der Waals surface area contributed by atoms with Crippen molar-refractivity contribution in [3.8, 4) is 0 Å². The number of piperazine rings is 1. The standard InChI is InChI=1S/C14H21Cl2N3/c1-18-5-6-19(2)14(9-18)13(17)8-10-3-4-11(15)12(16)7-10/h3-4,7,13-14H,5-6,8-9,17H2,1-2H3. The van der Waals surface area contributed by atoms with Crippen molar-refractivity contribution in [3.05, 3.63) is 33.8 Å². The molecule has 3 nitrogen and oxygen atoms in total. The molecule has 1 saturated heterocycles. The maximum Gasteiger partial charge on any atom is 0.0595 e. The van der Waals surface area contributed by atoms with E-state index in [1.165, 1.54) is 0 Å². The Balaban J connectivity index is 2.03. The topological polar surface area (TPSA) is 32.5 Å². The second-order valence-electron chi connectivity index (χ2n) is 5.43. The lowest BCUT2D eigenvalue weighted by atomic mass is 9.97. The van der Waals surface area contributed by atoms with Gasteiger partial charge in [-0.2, -0.15) is 0 Å². The van der Waals surface area contributed by atoms with Crippen molar-refractivity contribution < 1.29 is 0 Å². The van der Waals surface area contributed by atoms with Crippen molar-refractivity contribution in [2.45, 2.75) is 18.5 Å². The number of nitrogens with two attached hydrogens (primary N) is 1. The van der Waals surface area contributed by atoms with Crippen LogP contribution in [0.25, 0.3) is 0 Å². The van der Waals surface area contributed by atoms with Gasteiger partial charge in [-0.1, -0.05) is 29.3 Å². The van der Waals surface area contributed by atoms with Gasteiger partial charge in [0.05, 0.1) is 10.0 Å². The molecule has 2 rings (SSSR count). The van der Waals surface area contributed by atoms with E-state index < -0.39 is 0 Å². The fraction of sp³-hybridized carbons (Fsp3) is 0.571. The number of hydrogen-bond donors (Lipinski definition) is 1. The molecule has 1 heterocycles. The number of halogens is 2. The smallest absolute Gasteiger partial charge is 0.0595 e. The van der Waals surface area contributed by atoms with Crippen molar-refractivity contribution in [2.75, 3.05) is 33.7 Å². The van der Waals surface area contributed by atoms with Crippen molar-refractivity contribution in [1.29, 1.82) is 0 Å². The lowest BCUT2D eigenvalue weighted by Crippen LogP contribution is -2.58. The van der Waals surface area contributed by atoms with Crippen LogP contribution in [0.2, 0.25) is 10.0 Å². The maximum atomic E-state index is 6.38. The molecule has 1 aliphatic heterocycles. The van der Waals surface area contributed by atoms with Gasteiger partial charge in [0, 0.05) is 31.7 Å². The van der Waals surface area contributed by atoms with Gasteiger partial charge in [-0.25, -0.2) is 0 Å². The summed E-state index contributed by atoms with van der Waals surface area (Å²) < 4.78 is 0. The molecule has 0 bridgehead atoms. The number of rotatable bonds is 3. The molecule has 1 fully saturated rings. The molecule has 19 heavy (non-hydrogen) atoms. The van der Waals surface area contributed by atoms with E-state index in [0.717, 1.165) is 31.6 Å². The molecule has 0 radical (unpaired) electrons. The lowest BCUT2D eigenvalue weighted by molar-refractivity contribution is 0.0973. The van der Waals surface area contributed by atoms with Crippen LogP contribution in [-0.4, -0.2) is 55.6 Å². The molecule has 0 amide bonds. The summed E-state index contributed by atoms with van der Waals surface area (Å²) in [4.78, 5) is 4.68. The second-order valence-corrected chi connectivity index (χ2v) is 6.24. The fourth-order valence-electron chi connectivity index (χ4n) is 2.58. The molecule has 0 spiro atoms. The highest BCUT2D eigenvalue weighted by Gasteiger charge is 2.27. The summed E-state index contributed by atoms with van der Waals surface area (Å²) >= 11 is 12.0.